The molecule has 0 aliphatic heterocycles. The molecule has 0 unspecified atom stereocenters. The van der Waals surface area contributed by atoms with Crippen molar-refractivity contribution >= 4 is 29.3 Å². The second-order valence-corrected chi connectivity index (χ2v) is 4.89. The van der Waals surface area contributed by atoms with Gasteiger partial charge in [0.25, 0.3) is 5.91 Å². The molecule has 0 aliphatic carbocycles. The summed E-state index contributed by atoms with van der Waals surface area (Å²) in [6, 6.07) is 10.5. The minimum absolute atomic E-state index is 0.0382. The minimum Gasteiger partial charge on any atom is -0.462 e. The molecule has 1 N–H and O–H groups in total. The van der Waals surface area contributed by atoms with E-state index in [9.17, 15) is 4.79 Å². The van der Waals surface area contributed by atoms with Crippen LogP contribution in [0.5, 0.6) is 0 Å². The van der Waals surface area contributed by atoms with Gasteiger partial charge in [0.05, 0.1) is 0 Å². The largest absolute Gasteiger partial charge is 0.462 e. The van der Waals surface area contributed by atoms with E-state index in [1.807, 2.05) is 6.07 Å². The summed E-state index contributed by atoms with van der Waals surface area (Å²) in [5, 5.41) is 12.3. The van der Waals surface area contributed by atoms with Crippen LogP contribution >= 0.6 is 11.6 Å². The maximum absolute atomic E-state index is 12.1. The lowest BCUT2D eigenvalue weighted by Gasteiger charge is -2.08. The first-order chi connectivity index (χ1) is 10.0. The van der Waals surface area contributed by atoms with Gasteiger partial charge in [-0.05, 0) is 43.7 Å². The summed E-state index contributed by atoms with van der Waals surface area (Å²) >= 11 is 6.00. The highest BCUT2D eigenvalue weighted by molar-refractivity contribution is 6.31. The topological polar surface area (TPSA) is 66.0 Å². The van der Waals surface area contributed by atoms with Gasteiger partial charge in [-0.1, -0.05) is 17.7 Å². The molecular formula is C16H13ClN2O2. The van der Waals surface area contributed by atoms with E-state index in [4.69, 9.17) is 21.3 Å². The lowest BCUT2D eigenvalue weighted by atomic mass is 10.1. The summed E-state index contributed by atoms with van der Waals surface area (Å²) < 4.78 is 5.33. The van der Waals surface area contributed by atoms with E-state index in [0.29, 0.717) is 22.2 Å². The first-order valence-corrected chi connectivity index (χ1v) is 6.63. The average Bonchev–Trinajstić information content (AvgIpc) is 2.86. The Balaban J connectivity index is 2.24. The average molecular weight is 301 g/mol. The van der Waals surface area contributed by atoms with Crippen LogP contribution in [0.3, 0.4) is 0 Å². The predicted octanol–water partition coefficient (Wildman–Crippen LogP) is 4.10. The van der Waals surface area contributed by atoms with E-state index in [2.05, 4.69) is 5.32 Å². The third-order valence-electron chi connectivity index (χ3n) is 2.93. The third-order valence-corrected chi connectivity index (χ3v) is 3.34. The Kier molecular flexibility index (Phi) is 4.46. The van der Waals surface area contributed by atoms with Gasteiger partial charge in [0.1, 0.15) is 23.2 Å². The van der Waals surface area contributed by atoms with Crippen molar-refractivity contribution in [1.82, 2.24) is 0 Å². The minimum atomic E-state index is -0.503. The molecule has 0 radical (unpaired) electrons. The second-order valence-electron chi connectivity index (χ2n) is 4.48. The molecule has 0 saturated carbocycles. The van der Waals surface area contributed by atoms with Crippen LogP contribution in [0.1, 0.15) is 17.1 Å². The molecule has 21 heavy (non-hydrogen) atoms. The number of carbonyl (C=O) groups excluding carboxylic acids is 1. The van der Waals surface area contributed by atoms with Crippen molar-refractivity contribution in [2.45, 2.75) is 13.8 Å². The molecule has 4 nitrogen and oxygen atoms in total. The van der Waals surface area contributed by atoms with Crippen LogP contribution < -0.4 is 5.32 Å². The van der Waals surface area contributed by atoms with Gasteiger partial charge >= 0.3 is 0 Å². The monoisotopic (exact) mass is 300 g/mol. The highest BCUT2D eigenvalue weighted by atomic mass is 35.5. The van der Waals surface area contributed by atoms with Crippen LogP contribution in [0.25, 0.3) is 6.08 Å². The van der Waals surface area contributed by atoms with Crippen molar-refractivity contribution in [3.63, 3.8) is 0 Å². The number of nitrogens with zero attached hydrogens (tertiary/aromatic N) is 1. The standard InChI is InChI=1S/C16H13ClN2O2/c1-10-6-7-13(21-10)8-12(9-18)16(20)19-15-5-3-4-14(17)11(15)2/h3-8H,1-2H3,(H,19,20)/b12-8-. The van der Waals surface area contributed by atoms with Gasteiger partial charge in [0, 0.05) is 16.8 Å². The van der Waals surface area contributed by atoms with E-state index < -0.39 is 5.91 Å². The number of anilines is 1. The van der Waals surface area contributed by atoms with Crippen LogP contribution in [0, 0.1) is 25.2 Å². The molecule has 0 fully saturated rings. The van der Waals surface area contributed by atoms with Crippen molar-refractivity contribution < 1.29 is 9.21 Å². The first-order valence-electron chi connectivity index (χ1n) is 6.26. The molecule has 0 spiro atoms. The number of hydrogen-bond acceptors (Lipinski definition) is 3. The van der Waals surface area contributed by atoms with E-state index in [0.717, 1.165) is 5.56 Å². The number of benzene rings is 1. The number of halogens is 1. The molecule has 0 saturated heterocycles. The second kappa shape index (κ2) is 6.29. The number of nitriles is 1. The molecule has 2 aromatic rings. The Hall–Kier alpha value is -2.51. The molecule has 1 aromatic heterocycles. The normalized spacial score (nSPS) is 11.0. The van der Waals surface area contributed by atoms with Gasteiger partial charge in [-0.15, -0.1) is 0 Å². The number of carbonyl (C=O) groups is 1. The molecule has 0 bridgehead atoms. The van der Waals surface area contributed by atoms with Crippen LogP contribution in [0.15, 0.2) is 40.3 Å². The molecule has 0 atom stereocenters. The van der Waals surface area contributed by atoms with Crippen LogP contribution in [-0.4, -0.2) is 5.91 Å². The highest BCUT2D eigenvalue weighted by Gasteiger charge is 2.12. The van der Waals surface area contributed by atoms with E-state index >= 15 is 0 Å². The zero-order valence-electron chi connectivity index (χ0n) is 11.6. The molecular weight excluding hydrogens is 288 g/mol. The lowest BCUT2D eigenvalue weighted by molar-refractivity contribution is -0.112. The van der Waals surface area contributed by atoms with Gasteiger partial charge in [-0.3, -0.25) is 4.79 Å². The van der Waals surface area contributed by atoms with E-state index in [1.165, 1.54) is 6.08 Å². The fourth-order valence-electron chi connectivity index (χ4n) is 1.75. The zero-order valence-corrected chi connectivity index (χ0v) is 12.4. The fourth-order valence-corrected chi connectivity index (χ4v) is 1.93. The molecule has 1 aromatic carbocycles. The van der Waals surface area contributed by atoms with Crippen molar-refractivity contribution in [1.29, 1.82) is 5.26 Å². The van der Waals surface area contributed by atoms with Gasteiger partial charge in [-0.25, -0.2) is 0 Å². The van der Waals surface area contributed by atoms with Gasteiger partial charge in [0.15, 0.2) is 0 Å². The van der Waals surface area contributed by atoms with Gasteiger partial charge in [-0.2, -0.15) is 5.26 Å². The summed E-state index contributed by atoms with van der Waals surface area (Å²) in [5.41, 5.74) is 1.28. The Labute approximate surface area is 127 Å². The quantitative estimate of drug-likeness (QED) is 0.685. The van der Waals surface area contributed by atoms with E-state index in [1.54, 1.807) is 44.2 Å². The number of hydrogen-bond donors (Lipinski definition) is 1. The summed E-state index contributed by atoms with van der Waals surface area (Å²) in [4.78, 5) is 12.1. The molecule has 1 amide bonds. The number of furan rings is 1. The maximum atomic E-state index is 12.1. The van der Waals surface area contributed by atoms with Crippen LogP contribution in [-0.2, 0) is 4.79 Å². The van der Waals surface area contributed by atoms with Gasteiger partial charge < -0.3 is 9.73 Å². The van der Waals surface area contributed by atoms with Crippen molar-refractivity contribution in [2.75, 3.05) is 5.32 Å². The summed E-state index contributed by atoms with van der Waals surface area (Å²) in [5.74, 6) is 0.670. The maximum Gasteiger partial charge on any atom is 0.266 e. The smallest absolute Gasteiger partial charge is 0.266 e. The molecule has 1 heterocycles. The molecule has 0 aliphatic rings. The number of amides is 1. The molecule has 5 heteroatoms. The van der Waals surface area contributed by atoms with Crippen LogP contribution in [0.2, 0.25) is 5.02 Å². The Morgan fingerprint density at radius 1 is 1.33 bits per heavy atom. The Morgan fingerprint density at radius 2 is 2.10 bits per heavy atom. The zero-order chi connectivity index (χ0) is 15.4. The number of rotatable bonds is 3. The molecule has 2 rings (SSSR count). The number of nitrogens with one attached hydrogen (secondary N) is 1. The Bertz CT molecular complexity index is 754. The number of aryl methyl sites for hydroxylation is 1. The Morgan fingerprint density at radius 3 is 2.71 bits per heavy atom. The predicted molar refractivity (Wildman–Crippen MR) is 81.9 cm³/mol. The van der Waals surface area contributed by atoms with Crippen molar-refractivity contribution in [3.8, 4) is 6.07 Å². The third kappa shape index (κ3) is 3.53. The van der Waals surface area contributed by atoms with Crippen molar-refractivity contribution in [2.24, 2.45) is 0 Å². The van der Waals surface area contributed by atoms with E-state index in [-0.39, 0.29) is 5.57 Å². The lowest BCUT2D eigenvalue weighted by Crippen LogP contribution is -2.14. The summed E-state index contributed by atoms with van der Waals surface area (Å²) in [6.45, 7) is 3.59. The fraction of sp³-hybridized carbons (Fsp3) is 0.125. The highest BCUT2D eigenvalue weighted by Crippen LogP contribution is 2.23. The van der Waals surface area contributed by atoms with Crippen molar-refractivity contribution in [3.05, 3.63) is 58.0 Å². The van der Waals surface area contributed by atoms with Gasteiger partial charge in [0.2, 0.25) is 0 Å². The first kappa shape index (κ1) is 14.9. The SMILES string of the molecule is Cc1ccc(/C=C(/C#N)C(=O)Nc2cccc(Cl)c2C)o1. The summed E-state index contributed by atoms with van der Waals surface area (Å²) in [7, 11) is 0. The van der Waals surface area contributed by atoms with Crippen LogP contribution in [0.4, 0.5) is 5.69 Å². The molecule has 106 valence electrons. The summed E-state index contributed by atoms with van der Waals surface area (Å²) in [6.07, 6.45) is 1.40.